The number of urea groups is 1. The second kappa shape index (κ2) is 8.25. The number of ether oxygens (including phenoxy) is 1. The molecule has 1 heterocycles. The van der Waals surface area contributed by atoms with Crippen LogP contribution in [0.25, 0.3) is 0 Å². The lowest BCUT2D eigenvalue weighted by Gasteiger charge is -2.32. The summed E-state index contributed by atoms with van der Waals surface area (Å²) < 4.78 is 5.64. The van der Waals surface area contributed by atoms with Crippen LogP contribution in [0.4, 0.5) is 10.5 Å². The van der Waals surface area contributed by atoms with E-state index in [1.165, 1.54) is 0 Å². The van der Waals surface area contributed by atoms with E-state index >= 15 is 0 Å². The average Bonchev–Trinajstić information content (AvgIpc) is 2.54. The van der Waals surface area contributed by atoms with Crippen LogP contribution in [0.5, 0.6) is 5.75 Å². The van der Waals surface area contributed by atoms with Crippen molar-refractivity contribution in [3.8, 4) is 5.75 Å². The fraction of sp³-hybridized carbons (Fsp3) is 0.562. The Hall–Kier alpha value is -1.46. The van der Waals surface area contributed by atoms with Crippen molar-refractivity contribution in [3.05, 3.63) is 23.2 Å². The quantitative estimate of drug-likeness (QED) is 0.872. The molecular formula is C16H23ClN2O3. The number of benzene rings is 1. The van der Waals surface area contributed by atoms with Gasteiger partial charge in [-0.1, -0.05) is 18.5 Å². The van der Waals surface area contributed by atoms with Crippen molar-refractivity contribution in [3.63, 3.8) is 0 Å². The van der Waals surface area contributed by atoms with Gasteiger partial charge in [0.1, 0.15) is 5.75 Å². The molecular weight excluding hydrogens is 304 g/mol. The van der Waals surface area contributed by atoms with Gasteiger partial charge in [0, 0.05) is 24.7 Å². The first-order valence-corrected chi connectivity index (χ1v) is 8.11. The summed E-state index contributed by atoms with van der Waals surface area (Å²) in [6.45, 7) is 4.01. The summed E-state index contributed by atoms with van der Waals surface area (Å²) in [4.78, 5) is 14.1. The van der Waals surface area contributed by atoms with E-state index in [1.54, 1.807) is 23.1 Å². The molecule has 0 radical (unpaired) electrons. The largest absolute Gasteiger partial charge is 0.491 e. The van der Waals surface area contributed by atoms with Crippen molar-refractivity contribution in [2.45, 2.75) is 26.2 Å². The van der Waals surface area contributed by atoms with Gasteiger partial charge in [0.2, 0.25) is 0 Å². The minimum atomic E-state index is -0.179. The monoisotopic (exact) mass is 326 g/mol. The summed E-state index contributed by atoms with van der Waals surface area (Å²) in [6, 6.07) is 5.02. The minimum absolute atomic E-state index is 0.117. The van der Waals surface area contributed by atoms with Gasteiger partial charge in [-0.2, -0.15) is 0 Å². The molecule has 22 heavy (non-hydrogen) atoms. The zero-order chi connectivity index (χ0) is 15.9. The number of hydrogen-bond acceptors (Lipinski definition) is 3. The van der Waals surface area contributed by atoms with Gasteiger partial charge in [-0.25, -0.2) is 4.79 Å². The fourth-order valence-corrected chi connectivity index (χ4v) is 2.70. The SMILES string of the molecule is CCCOc1ccc(Cl)cc1NC(=O)N1CCCC(CO)C1. The Balaban J connectivity index is 2.05. The third-order valence-corrected chi connectivity index (χ3v) is 3.94. The van der Waals surface area contributed by atoms with Crippen LogP contribution < -0.4 is 10.1 Å². The van der Waals surface area contributed by atoms with E-state index in [1.807, 2.05) is 6.92 Å². The summed E-state index contributed by atoms with van der Waals surface area (Å²) in [5.41, 5.74) is 0.581. The van der Waals surface area contributed by atoms with Crippen LogP contribution in [-0.4, -0.2) is 42.3 Å². The minimum Gasteiger partial charge on any atom is -0.491 e. The Morgan fingerprint density at radius 2 is 2.36 bits per heavy atom. The Bertz CT molecular complexity index is 510. The Kier molecular flexibility index (Phi) is 6.34. The molecule has 1 saturated heterocycles. The number of amides is 2. The molecule has 1 aliphatic rings. The van der Waals surface area contributed by atoms with Crippen molar-refractivity contribution in [1.82, 2.24) is 4.90 Å². The van der Waals surface area contributed by atoms with Crippen LogP contribution in [0.3, 0.4) is 0 Å². The van der Waals surface area contributed by atoms with Crippen LogP contribution in [-0.2, 0) is 0 Å². The Labute approximate surface area is 136 Å². The number of halogens is 1. The van der Waals surface area contributed by atoms with E-state index < -0.39 is 0 Å². The topological polar surface area (TPSA) is 61.8 Å². The number of piperidine rings is 1. The first-order chi connectivity index (χ1) is 10.6. The lowest BCUT2D eigenvalue weighted by atomic mass is 9.99. The number of aliphatic hydroxyl groups is 1. The number of likely N-dealkylation sites (tertiary alicyclic amines) is 1. The maximum absolute atomic E-state index is 12.4. The van der Waals surface area contributed by atoms with E-state index in [2.05, 4.69) is 5.32 Å². The van der Waals surface area contributed by atoms with Crippen molar-refractivity contribution < 1.29 is 14.6 Å². The second-order valence-corrected chi connectivity index (χ2v) is 5.99. The van der Waals surface area contributed by atoms with Gasteiger partial charge >= 0.3 is 6.03 Å². The molecule has 6 heteroatoms. The standard InChI is InChI=1S/C16H23ClN2O3/c1-2-8-22-15-6-5-13(17)9-14(15)18-16(21)19-7-3-4-12(10-19)11-20/h5-6,9,12,20H,2-4,7-8,10-11H2,1H3,(H,18,21). The Morgan fingerprint density at radius 3 is 3.09 bits per heavy atom. The van der Waals surface area contributed by atoms with Gasteiger partial charge in [-0.05, 0) is 43.4 Å². The summed E-state index contributed by atoms with van der Waals surface area (Å²) >= 11 is 6.01. The third-order valence-electron chi connectivity index (χ3n) is 3.71. The molecule has 2 amide bonds. The number of hydrogen-bond donors (Lipinski definition) is 2. The lowest BCUT2D eigenvalue weighted by molar-refractivity contribution is 0.136. The normalized spacial score (nSPS) is 18.1. The number of rotatable bonds is 5. The third kappa shape index (κ3) is 4.52. The highest BCUT2D eigenvalue weighted by Gasteiger charge is 2.23. The van der Waals surface area contributed by atoms with Crippen molar-refractivity contribution >= 4 is 23.3 Å². The fourth-order valence-electron chi connectivity index (χ4n) is 2.53. The molecule has 0 aliphatic carbocycles. The van der Waals surface area contributed by atoms with Crippen molar-refractivity contribution in [2.24, 2.45) is 5.92 Å². The van der Waals surface area contributed by atoms with Gasteiger partial charge in [0.05, 0.1) is 12.3 Å². The average molecular weight is 327 g/mol. The van der Waals surface area contributed by atoms with Crippen molar-refractivity contribution in [2.75, 3.05) is 31.6 Å². The first-order valence-electron chi connectivity index (χ1n) is 7.73. The summed E-state index contributed by atoms with van der Waals surface area (Å²) in [6.07, 6.45) is 2.76. The molecule has 5 nitrogen and oxygen atoms in total. The van der Waals surface area contributed by atoms with Crippen molar-refractivity contribution in [1.29, 1.82) is 0 Å². The van der Waals surface area contributed by atoms with E-state index in [0.717, 1.165) is 19.3 Å². The zero-order valence-corrected chi connectivity index (χ0v) is 13.6. The van der Waals surface area contributed by atoms with Crippen LogP contribution in [0.2, 0.25) is 5.02 Å². The van der Waals surface area contributed by atoms with E-state index in [4.69, 9.17) is 16.3 Å². The van der Waals surface area contributed by atoms with E-state index in [-0.39, 0.29) is 18.6 Å². The number of nitrogens with one attached hydrogen (secondary N) is 1. The lowest BCUT2D eigenvalue weighted by Crippen LogP contribution is -2.43. The van der Waals surface area contributed by atoms with E-state index in [9.17, 15) is 9.90 Å². The number of carbonyl (C=O) groups excluding carboxylic acids is 1. The van der Waals surface area contributed by atoms with Crippen LogP contribution >= 0.6 is 11.6 Å². The van der Waals surface area contributed by atoms with Gasteiger partial charge in [0.15, 0.2) is 0 Å². The molecule has 1 aromatic carbocycles. The highest BCUT2D eigenvalue weighted by Crippen LogP contribution is 2.29. The molecule has 1 aliphatic heterocycles. The van der Waals surface area contributed by atoms with Gasteiger partial charge in [-0.3, -0.25) is 0 Å². The molecule has 1 atom stereocenters. The second-order valence-electron chi connectivity index (χ2n) is 5.56. The van der Waals surface area contributed by atoms with Gasteiger partial charge in [-0.15, -0.1) is 0 Å². The molecule has 1 fully saturated rings. The maximum atomic E-state index is 12.4. The Morgan fingerprint density at radius 1 is 1.55 bits per heavy atom. The number of nitrogens with zero attached hydrogens (tertiary/aromatic N) is 1. The maximum Gasteiger partial charge on any atom is 0.321 e. The molecule has 2 rings (SSSR count). The van der Waals surface area contributed by atoms with E-state index in [0.29, 0.717) is 36.2 Å². The predicted octanol–water partition coefficient (Wildman–Crippen LogP) is 3.37. The molecule has 1 unspecified atom stereocenters. The molecule has 0 spiro atoms. The van der Waals surface area contributed by atoms with Crippen LogP contribution in [0, 0.1) is 5.92 Å². The molecule has 0 aromatic heterocycles. The summed E-state index contributed by atoms with van der Waals surface area (Å²) in [7, 11) is 0. The summed E-state index contributed by atoms with van der Waals surface area (Å²) in [5, 5.41) is 12.7. The van der Waals surface area contributed by atoms with Gasteiger partial charge < -0.3 is 20.1 Å². The molecule has 0 saturated carbocycles. The van der Waals surface area contributed by atoms with Crippen LogP contribution in [0.1, 0.15) is 26.2 Å². The molecule has 2 N–H and O–H groups in total. The molecule has 0 bridgehead atoms. The number of anilines is 1. The smallest absolute Gasteiger partial charge is 0.321 e. The van der Waals surface area contributed by atoms with Crippen LogP contribution in [0.15, 0.2) is 18.2 Å². The molecule has 1 aromatic rings. The number of aliphatic hydroxyl groups excluding tert-OH is 1. The first kappa shape index (κ1) is 16.9. The number of carbonyl (C=O) groups is 1. The molecule has 122 valence electrons. The summed E-state index contributed by atoms with van der Waals surface area (Å²) in [5.74, 6) is 0.782. The predicted molar refractivity (Wildman–Crippen MR) is 87.6 cm³/mol. The highest BCUT2D eigenvalue weighted by molar-refractivity contribution is 6.31. The van der Waals surface area contributed by atoms with Gasteiger partial charge in [0.25, 0.3) is 0 Å². The zero-order valence-electron chi connectivity index (χ0n) is 12.8. The highest BCUT2D eigenvalue weighted by atomic mass is 35.5.